The third-order valence-electron chi connectivity index (χ3n) is 5.20. The first-order valence-corrected chi connectivity index (χ1v) is 12.1. The Morgan fingerprint density at radius 1 is 1.03 bits per heavy atom. The van der Waals surface area contributed by atoms with Crippen molar-refractivity contribution >= 4 is 46.2 Å². The highest BCUT2D eigenvalue weighted by atomic mass is 35.5. The summed E-state index contributed by atoms with van der Waals surface area (Å²) in [4.78, 5) is 23.7. The summed E-state index contributed by atoms with van der Waals surface area (Å²) in [6.45, 7) is 4.39. The Labute approximate surface area is 220 Å². The molecule has 0 radical (unpaired) electrons. The molecule has 0 aliphatic heterocycles. The molecule has 10 heteroatoms. The molecule has 3 rings (SSSR count). The Morgan fingerprint density at radius 2 is 1.64 bits per heavy atom. The number of carbonyl (C=O) groups is 1. The van der Waals surface area contributed by atoms with Gasteiger partial charge in [0.05, 0.1) is 10.6 Å². The minimum Gasteiger partial charge on any atom is -0.456 e. The average Bonchev–Trinajstić information content (AvgIpc) is 2.90. The van der Waals surface area contributed by atoms with E-state index in [-0.39, 0.29) is 40.7 Å². The normalized spacial score (nSPS) is 10.2. The highest BCUT2D eigenvalue weighted by Gasteiger charge is 2.20. The van der Waals surface area contributed by atoms with Gasteiger partial charge in [-0.3, -0.25) is 19.8 Å². The second-order valence-corrected chi connectivity index (χ2v) is 8.13. The number of aryl methyl sites for hydroxylation is 2. The number of nitro benzene ring substituents is 1. The van der Waals surface area contributed by atoms with Crippen LogP contribution in [0, 0.1) is 10.1 Å². The van der Waals surface area contributed by atoms with E-state index in [9.17, 15) is 14.9 Å². The molecule has 3 aromatic carbocycles. The van der Waals surface area contributed by atoms with Crippen LogP contribution < -0.4 is 15.4 Å². The van der Waals surface area contributed by atoms with Gasteiger partial charge in [-0.25, -0.2) is 0 Å². The van der Waals surface area contributed by atoms with Gasteiger partial charge >= 0.3 is 0 Å². The number of amides is 1. The molecule has 0 aliphatic carbocycles. The van der Waals surface area contributed by atoms with Crippen molar-refractivity contribution in [2.75, 3.05) is 30.4 Å². The first kappa shape index (κ1) is 28.9. The summed E-state index contributed by atoms with van der Waals surface area (Å²) in [7, 11) is 1.58. The molecule has 1 amide bonds. The molecule has 36 heavy (non-hydrogen) atoms. The van der Waals surface area contributed by atoms with E-state index in [0.717, 1.165) is 29.7 Å². The van der Waals surface area contributed by atoms with Gasteiger partial charge in [0.15, 0.2) is 0 Å². The van der Waals surface area contributed by atoms with E-state index in [1.807, 2.05) is 24.3 Å². The van der Waals surface area contributed by atoms with Gasteiger partial charge in [-0.15, -0.1) is 11.6 Å². The molecule has 0 unspecified atom stereocenters. The topological polar surface area (TPSA) is 108 Å². The molecule has 0 aliphatic rings. The number of halogens is 2. The molecule has 0 atom stereocenters. The molecule has 2 N–H and O–H groups in total. The molecule has 0 aromatic heterocycles. The van der Waals surface area contributed by atoms with Crippen LogP contribution >= 0.6 is 23.2 Å². The Hall–Kier alpha value is -3.33. The maximum absolute atomic E-state index is 12.0. The lowest BCUT2D eigenvalue weighted by Crippen LogP contribution is -2.35. The van der Waals surface area contributed by atoms with Crippen LogP contribution in [-0.2, 0) is 22.4 Å². The quantitative estimate of drug-likeness (QED) is 0.109. The number of alkyl halides is 1. The number of ether oxygens (including phenoxy) is 2. The van der Waals surface area contributed by atoms with Crippen molar-refractivity contribution in [1.82, 2.24) is 0 Å². The van der Waals surface area contributed by atoms with E-state index >= 15 is 0 Å². The van der Waals surface area contributed by atoms with Crippen molar-refractivity contribution in [3.05, 3.63) is 86.9 Å². The molecular formula is C26H29Cl2N3O5. The Morgan fingerprint density at radius 3 is 2.14 bits per heavy atom. The molecule has 0 saturated carbocycles. The van der Waals surface area contributed by atoms with Crippen molar-refractivity contribution in [1.29, 1.82) is 0 Å². The minimum absolute atomic E-state index is 0.0352. The maximum atomic E-state index is 12.0. The predicted molar refractivity (Wildman–Crippen MR) is 144 cm³/mol. The van der Waals surface area contributed by atoms with Gasteiger partial charge in [-0.2, -0.15) is 0 Å². The van der Waals surface area contributed by atoms with E-state index in [1.165, 1.54) is 12.1 Å². The van der Waals surface area contributed by atoms with Gasteiger partial charge in [0, 0.05) is 13.2 Å². The molecule has 0 bridgehead atoms. The van der Waals surface area contributed by atoms with Gasteiger partial charge in [-0.05, 0) is 42.2 Å². The fourth-order valence-electron chi connectivity index (χ4n) is 3.44. The van der Waals surface area contributed by atoms with E-state index in [1.54, 1.807) is 36.3 Å². The lowest BCUT2D eigenvalue weighted by atomic mass is 10.0. The summed E-state index contributed by atoms with van der Waals surface area (Å²) in [6.07, 6.45) is 1.75. The zero-order valence-electron chi connectivity index (χ0n) is 20.4. The number of nitrogens with zero attached hydrogens (tertiary/aromatic N) is 2. The molecule has 8 nitrogen and oxygen atoms in total. The fraction of sp³-hybridized carbons (Fsp3) is 0.269. The zero-order chi connectivity index (χ0) is 26.7. The van der Waals surface area contributed by atoms with Gasteiger partial charge in [0.2, 0.25) is 5.91 Å². The number of anilines is 2. The number of nitro groups is 1. The van der Waals surface area contributed by atoms with Gasteiger partial charge in [0.1, 0.15) is 34.8 Å². The number of para-hydroxylation sites is 2. The number of methoxy groups -OCH3 is 1. The van der Waals surface area contributed by atoms with Crippen LogP contribution in [0.5, 0.6) is 11.5 Å². The SMILES string of the molecule is CCc1cccc(CC)c1N(COC)C(=O)CCl.Nc1c([N+](=O)[O-])ccc(Oc2ccccc2)c1Cl. The van der Waals surface area contributed by atoms with E-state index in [0.29, 0.717) is 5.75 Å². The average molecular weight is 534 g/mol. The smallest absolute Gasteiger partial charge is 0.293 e. The fourth-order valence-corrected chi connectivity index (χ4v) is 3.78. The Kier molecular flexibility index (Phi) is 11.5. The highest BCUT2D eigenvalue weighted by Crippen LogP contribution is 2.38. The van der Waals surface area contributed by atoms with Crippen LogP contribution in [0.15, 0.2) is 60.7 Å². The van der Waals surface area contributed by atoms with Gasteiger partial charge in [-0.1, -0.05) is 61.8 Å². The van der Waals surface area contributed by atoms with Crippen molar-refractivity contribution < 1.29 is 19.2 Å². The van der Waals surface area contributed by atoms with Crippen LogP contribution in [0.4, 0.5) is 17.1 Å². The lowest BCUT2D eigenvalue weighted by molar-refractivity contribution is -0.383. The van der Waals surface area contributed by atoms with Crippen molar-refractivity contribution in [3.8, 4) is 11.5 Å². The Balaban J connectivity index is 0.000000254. The number of nitrogens with two attached hydrogens (primary N) is 1. The first-order chi connectivity index (χ1) is 17.3. The highest BCUT2D eigenvalue weighted by molar-refractivity contribution is 6.35. The van der Waals surface area contributed by atoms with Crippen LogP contribution in [-0.4, -0.2) is 30.6 Å². The number of hydrogen-bond donors (Lipinski definition) is 1. The summed E-state index contributed by atoms with van der Waals surface area (Å²) in [5, 5.41) is 10.7. The largest absolute Gasteiger partial charge is 0.456 e. The number of benzene rings is 3. The summed E-state index contributed by atoms with van der Waals surface area (Å²) >= 11 is 11.6. The van der Waals surface area contributed by atoms with Crippen molar-refractivity contribution in [2.24, 2.45) is 0 Å². The number of rotatable bonds is 9. The number of carbonyl (C=O) groups excluding carboxylic acids is 1. The van der Waals surface area contributed by atoms with Crippen LogP contribution in [0.2, 0.25) is 5.02 Å². The molecule has 0 heterocycles. The summed E-state index contributed by atoms with van der Waals surface area (Å²) in [5.74, 6) is 0.692. The number of nitrogen functional groups attached to an aromatic ring is 1. The van der Waals surface area contributed by atoms with Gasteiger partial charge in [0.25, 0.3) is 5.69 Å². The molecular weight excluding hydrogens is 505 g/mol. The zero-order valence-corrected chi connectivity index (χ0v) is 21.9. The predicted octanol–water partition coefficient (Wildman–Crippen LogP) is 6.61. The first-order valence-electron chi connectivity index (χ1n) is 11.2. The summed E-state index contributed by atoms with van der Waals surface area (Å²) in [5.41, 5.74) is 8.49. The van der Waals surface area contributed by atoms with E-state index in [2.05, 4.69) is 13.8 Å². The van der Waals surface area contributed by atoms with Crippen LogP contribution in [0.3, 0.4) is 0 Å². The van der Waals surface area contributed by atoms with E-state index < -0.39 is 4.92 Å². The minimum atomic E-state index is -0.590. The molecule has 0 spiro atoms. The maximum Gasteiger partial charge on any atom is 0.293 e. The third kappa shape index (κ3) is 7.34. The summed E-state index contributed by atoms with van der Waals surface area (Å²) in [6, 6.07) is 17.7. The molecule has 0 saturated heterocycles. The second kappa shape index (κ2) is 14.3. The lowest BCUT2D eigenvalue weighted by Gasteiger charge is -2.26. The van der Waals surface area contributed by atoms with Crippen LogP contribution in [0.25, 0.3) is 0 Å². The third-order valence-corrected chi connectivity index (χ3v) is 5.82. The van der Waals surface area contributed by atoms with Crippen molar-refractivity contribution in [3.63, 3.8) is 0 Å². The summed E-state index contributed by atoms with van der Waals surface area (Å²) < 4.78 is 10.6. The number of hydrogen-bond acceptors (Lipinski definition) is 6. The van der Waals surface area contributed by atoms with Crippen LogP contribution in [0.1, 0.15) is 25.0 Å². The van der Waals surface area contributed by atoms with Crippen molar-refractivity contribution in [2.45, 2.75) is 26.7 Å². The molecule has 0 fully saturated rings. The second-order valence-electron chi connectivity index (χ2n) is 7.49. The standard InChI is InChI=1S/C14H20ClNO2.C12H9ClN2O3/c1-4-11-7-6-8-12(5-2)14(11)16(10-18-3)13(17)9-15;13-11-10(18-8-4-2-1-3-5-8)7-6-9(12(11)14)15(16)17/h6-8H,4-5,9-10H2,1-3H3;1-7H,14H2. The van der Waals surface area contributed by atoms with E-state index in [4.69, 9.17) is 38.4 Å². The molecule has 192 valence electrons. The van der Waals surface area contributed by atoms with Gasteiger partial charge < -0.3 is 15.2 Å². The Bertz CT molecular complexity index is 1150. The monoisotopic (exact) mass is 533 g/mol. The molecule has 3 aromatic rings.